The number of hydrogen-bond donors (Lipinski definition) is 2. The summed E-state index contributed by atoms with van der Waals surface area (Å²) in [5.41, 5.74) is 0.165. The van der Waals surface area contributed by atoms with E-state index in [9.17, 15) is 22.0 Å². The molecule has 12 heteroatoms. The van der Waals surface area contributed by atoms with Crippen molar-refractivity contribution in [2.45, 2.75) is 17.6 Å². The lowest BCUT2D eigenvalue weighted by atomic mass is 10.1. The van der Waals surface area contributed by atoms with Crippen LogP contribution in [-0.4, -0.2) is 32.5 Å². The Balaban J connectivity index is 1.69. The zero-order valence-corrected chi connectivity index (χ0v) is 21.9. The lowest BCUT2D eigenvalue weighted by Gasteiger charge is -2.20. The maximum absolute atomic E-state index is 14.5. The zero-order valence-electron chi connectivity index (χ0n) is 18.9. The third-order valence-electron chi connectivity index (χ3n) is 5.79. The fourth-order valence-electron chi connectivity index (χ4n) is 3.79. The minimum atomic E-state index is -3.98. The van der Waals surface area contributed by atoms with Crippen LogP contribution in [0.4, 0.5) is 26.0 Å². The average Bonchev–Trinajstić information content (AvgIpc) is 3.62. The molecule has 2 atom stereocenters. The number of sulfonamides is 1. The Morgan fingerprint density at radius 1 is 1.03 bits per heavy atom. The SMILES string of the molecule is COc1cc(C2CC2S(=O)(=O)Nc2c(OC)cc(=O)n(C)c2Nc2ccc(I)cc2F)ccc1F. The van der Waals surface area contributed by atoms with Gasteiger partial charge >= 0.3 is 0 Å². The molecule has 1 aliphatic rings. The summed E-state index contributed by atoms with van der Waals surface area (Å²) >= 11 is 1.96. The highest BCUT2D eigenvalue weighted by atomic mass is 127. The van der Waals surface area contributed by atoms with E-state index in [0.29, 0.717) is 15.6 Å². The molecule has 1 fully saturated rings. The number of halogens is 3. The Morgan fingerprint density at radius 3 is 2.40 bits per heavy atom. The summed E-state index contributed by atoms with van der Waals surface area (Å²) in [6.45, 7) is 0. The molecule has 0 saturated heterocycles. The van der Waals surface area contributed by atoms with E-state index < -0.39 is 32.5 Å². The second-order valence-corrected chi connectivity index (χ2v) is 11.1. The van der Waals surface area contributed by atoms with Crippen LogP contribution in [-0.2, 0) is 17.1 Å². The second-order valence-electron chi connectivity index (χ2n) is 8.00. The zero-order chi connectivity index (χ0) is 25.5. The Labute approximate surface area is 214 Å². The Hall–Kier alpha value is -2.87. The van der Waals surface area contributed by atoms with E-state index in [0.717, 1.165) is 10.6 Å². The highest BCUT2D eigenvalue weighted by Crippen LogP contribution is 2.48. The van der Waals surface area contributed by atoms with Crippen LogP contribution in [0.5, 0.6) is 11.5 Å². The summed E-state index contributed by atoms with van der Waals surface area (Å²) in [6.07, 6.45) is 0.312. The summed E-state index contributed by atoms with van der Waals surface area (Å²) in [7, 11) is 0.0852. The standard InChI is InChI=1S/C23H22F2IN3O5S/c1-29-21(30)11-19(34-3)22(23(29)27-17-7-5-13(26)9-16(17)25)28-35(31,32)20-10-14(20)12-4-6-15(24)18(8-12)33-2/h4-9,11,14,20,27-28H,10H2,1-3H3. The maximum atomic E-state index is 14.5. The molecule has 1 aromatic heterocycles. The van der Waals surface area contributed by atoms with Gasteiger partial charge in [-0.2, -0.15) is 0 Å². The molecule has 0 amide bonds. The molecule has 0 aliphatic heterocycles. The van der Waals surface area contributed by atoms with Gasteiger partial charge in [0.25, 0.3) is 5.56 Å². The molecule has 186 valence electrons. The van der Waals surface area contributed by atoms with Crippen molar-refractivity contribution in [1.29, 1.82) is 0 Å². The van der Waals surface area contributed by atoms with Gasteiger partial charge in [-0.3, -0.25) is 14.1 Å². The summed E-state index contributed by atoms with van der Waals surface area (Å²) in [6, 6.07) is 9.83. The third kappa shape index (κ3) is 5.08. The monoisotopic (exact) mass is 617 g/mol. The lowest BCUT2D eigenvalue weighted by molar-refractivity contribution is 0.386. The number of methoxy groups -OCH3 is 2. The Kier molecular flexibility index (Phi) is 6.95. The molecule has 35 heavy (non-hydrogen) atoms. The van der Waals surface area contributed by atoms with Crippen molar-refractivity contribution in [1.82, 2.24) is 4.57 Å². The predicted molar refractivity (Wildman–Crippen MR) is 137 cm³/mol. The van der Waals surface area contributed by atoms with E-state index in [1.165, 1.54) is 51.6 Å². The number of aromatic nitrogens is 1. The maximum Gasteiger partial charge on any atom is 0.255 e. The average molecular weight is 617 g/mol. The molecule has 2 N–H and O–H groups in total. The highest BCUT2D eigenvalue weighted by Gasteiger charge is 2.49. The van der Waals surface area contributed by atoms with Crippen LogP contribution >= 0.6 is 22.6 Å². The van der Waals surface area contributed by atoms with Gasteiger partial charge in [0.2, 0.25) is 10.0 Å². The number of nitrogens with zero attached hydrogens (tertiary/aromatic N) is 1. The number of rotatable bonds is 8. The third-order valence-corrected chi connectivity index (χ3v) is 8.26. The van der Waals surface area contributed by atoms with Crippen molar-refractivity contribution in [2.75, 3.05) is 24.3 Å². The van der Waals surface area contributed by atoms with Crippen molar-refractivity contribution in [2.24, 2.45) is 7.05 Å². The molecule has 0 spiro atoms. The minimum Gasteiger partial charge on any atom is -0.494 e. The van der Waals surface area contributed by atoms with Crippen LogP contribution in [0.1, 0.15) is 17.9 Å². The predicted octanol–water partition coefficient (Wildman–Crippen LogP) is 4.33. The first-order chi connectivity index (χ1) is 16.6. The number of nitrogens with one attached hydrogen (secondary N) is 2. The molecule has 2 unspecified atom stereocenters. The van der Waals surface area contributed by atoms with Crippen molar-refractivity contribution >= 4 is 49.8 Å². The molecule has 2 aromatic carbocycles. The van der Waals surface area contributed by atoms with Gasteiger partial charge in [0.15, 0.2) is 17.3 Å². The minimum absolute atomic E-state index is 0.0127. The number of pyridine rings is 1. The van der Waals surface area contributed by atoms with E-state index in [-0.39, 0.29) is 34.6 Å². The van der Waals surface area contributed by atoms with Crippen molar-refractivity contribution < 1.29 is 26.7 Å². The van der Waals surface area contributed by atoms with Gasteiger partial charge in [-0.15, -0.1) is 0 Å². The first-order valence-corrected chi connectivity index (χ1v) is 13.0. The quantitative estimate of drug-likeness (QED) is 0.366. The first-order valence-electron chi connectivity index (χ1n) is 10.4. The van der Waals surface area contributed by atoms with Crippen LogP contribution in [0.3, 0.4) is 0 Å². The van der Waals surface area contributed by atoms with Gasteiger partial charge < -0.3 is 14.8 Å². The van der Waals surface area contributed by atoms with Gasteiger partial charge in [-0.25, -0.2) is 17.2 Å². The van der Waals surface area contributed by atoms with E-state index in [1.807, 2.05) is 22.6 Å². The number of ether oxygens (including phenoxy) is 2. The van der Waals surface area contributed by atoms with E-state index in [2.05, 4.69) is 10.0 Å². The molecule has 0 radical (unpaired) electrons. The molecule has 3 aromatic rings. The van der Waals surface area contributed by atoms with Crippen LogP contribution in [0.25, 0.3) is 0 Å². The molecule has 4 rings (SSSR count). The molecule has 8 nitrogen and oxygen atoms in total. The summed E-state index contributed by atoms with van der Waals surface area (Å²) in [5.74, 6) is -1.46. The highest BCUT2D eigenvalue weighted by molar-refractivity contribution is 14.1. The molecular weight excluding hydrogens is 595 g/mol. The lowest BCUT2D eigenvalue weighted by Crippen LogP contribution is -2.25. The van der Waals surface area contributed by atoms with Gasteiger partial charge in [-0.05, 0) is 64.9 Å². The number of anilines is 3. The number of hydrogen-bond acceptors (Lipinski definition) is 6. The van der Waals surface area contributed by atoms with Crippen LogP contribution in [0.15, 0.2) is 47.3 Å². The summed E-state index contributed by atoms with van der Waals surface area (Å²) in [4.78, 5) is 12.5. The van der Waals surface area contributed by atoms with Gasteiger partial charge in [0.05, 0.1) is 25.2 Å². The van der Waals surface area contributed by atoms with E-state index in [1.54, 1.807) is 6.07 Å². The van der Waals surface area contributed by atoms with E-state index in [4.69, 9.17) is 9.47 Å². The van der Waals surface area contributed by atoms with Gasteiger partial charge in [0.1, 0.15) is 17.3 Å². The van der Waals surface area contributed by atoms with Crippen molar-refractivity contribution in [3.05, 3.63) is 73.6 Å². The molecule has 1 heterocycles. The molecule has 0 bridgehead atoms. The Morgan fingerprint density at radius 2 is 1.74 bits per heavy atom. The van der Waals surface area contributed by atoms with Crippen LogP contribution in [0.2, 0.25) is 0 Å². The molecule has 1 aliphatic carbocycles. The van der Waals surface area contributed by atoms with Crippen molar-refractivity contribution in [3.8, 4) is 11.5 Å². The fraction of sp³-hybridized carbons (Fsp3) is 0.261. The molecule has 1 saturated carbocycles. The Bertz CT molecular complexity index is 1460. The van der Waals surface area contributed by atoms with E-state index >= 15 is 0 Å². The smallest absolute Gasteiger partial charge is 0.255 e. The van der Waals surface area contributed by atoms with Gasteiger partial charge in [-0.1, -0.05) is 6.07 Å². The molecular formula is C23H22F2IN3O5S. The normalized spacial score (nSPS) is 17.1. The van der Waals surface area contributed by atoms with Crippen LogP contribution in [0, 0.1) is 15.2 Å². The fourth-order valence-corrected chi connectivity index (χ4v) is 5.93. The topological polar surface area (TPSA) is 98.7 Å². The number of benzene rings is 2. The summed E-state index contributed by atoms with van der Waals surface area (Å²) < 4.78 is 69.5. The van der Waals surface area contributed by atoms with Crippen LogP contribution < -0.4 is 25.1 Å². The largest absolute Gasteiger partial charge is 0.494 e. The summed E-state index contributed by atoms with van der Waals surface area (Å²) in [5, 5.41) is 2.01. The van der Waals surface area contributed by atoms with Gasteiger partial charge in [0, 0.05) is 22.6 Å². The van der Waals surface area contributed by atoms with Crippen molar-refractivity contribution in [3.63, 3.8) is 0 Å². The first kappa shape index (κ1) is 25.2. The second kappa shape index (κ2) is 9.64.